The first-order valence-corrected chi connectivity index (χ1v) is 13.0. The highest BCUT2D eigenvalue weighted by Gasteiger charge is 2.65. The lowest BCUT2D eigenvalue weighted by molar-refractivity contribution is -0.131. The molecule has 170 valence electrons. The SMILES string of the molecule is C[C@]12CC[C@@H]3[C@H]4CC[C@]5(O)CC5[C@H]4CC[C@H]3[C@@H]1CC[C@@H]2C(=O)Cn1nnc2ccccc21. The summed E-state index contributed by atoms with van der Waals surface area (Å²) in [7, 11) is 0. The van der Waals surface area contributed by atoms with E-state index in [4.69, 9.17) is 0 Å². The van der Waals surface area contributed by atoms with Crippen molar-refractivity contribution in [2.45, 2.75) is 76.9 Å². The Morgan fingerprint density at radius 2 is 1.75 bits per heavy atom. The van der Waals surface area contributed by atoms with E-state index in [0.717, 1.165) is 54.0 Å². The first-order chi connectivity index (χ1) is 15.5. The van der Waals surface area contributed by atoms with Crippen LogP contribution in [0.1, 0.15) is 64.7 Å². The normalized spacial score (nSPS) is 46.8. The van der Waals surface area contributed by atoms with Gasteiger partial charge in [-0.1, -0.05) is 24.3 Å². The summed E-state index contributed by atoms with van der Waals surface area (Å²) in [6.45, 7) is 2.79. The number of Topliss-reactive ketones (excluding diaryl/α,β-unsaturated/α-hetero) is 1. The maximum absolute atomic E-state index is 13.6. The largest absolute Gasteiger partial charge is 0.390 e. The number of hydrogen-bond acceptors (Lipinski definition) is 4. The van der Waals surface area contributed by atoms with E-state index in [1.807, 2.05) is 28.9 Å². The van der Waals surface area contributed by atoms with Gasteiger partial charge in [-0.15, -0.1) is 5.10 Å². The summed E-state index contributed by atoms with van der Waals surface area (Å²) in [5.41, 5.74) is 1.69. The summed E-state index contributed by atoms with van der Waals surface area (Å²) in [5.74, 6) is 5.07. The number of fused-ring (bicyclic) bond motifs is 8. The zero-order valence-electron chi connectivity index (χ0n) is 19.1. The van der Waals surface area contributed by atoms with Crippen LogP contribution < -0.4 is 0 Å². The van der Waals surface area contributed by atoms with Crippen molar-refractivity contribution < 1.29 is 9.90 Å². The molecule has 1 aromatic heterocycles. The topological polar surface area (TPSA) is 68.0 Å². The van der Waals surface area contributed by atoms with E-state index in [9.17, 15) is 9.90 Å². The molecule has 5 aliphatic carbocycles. The molecule has 1 heterocycles. The Balaban J connectivity index is 1.11. The smallest absolute Gasteiger partial charge is 0.157 e. The third-order valence-corrected chi connectivity index (χ3v) is 11.1. The van der Waals surface area contributed by atoms with Crippen molar-refractivity contribution in [2.24, 2.45) is 46.8 Å². The minimum absolute atomic E-state index is 0.149. The molecule has 0 bridgehead atoms. The van der Waals surface area contributed by atoms with Gasteiger partial charge in [0.05, 0.1) is 11.1 Å². The van der Waals surface area contributed by atoms with Gasteiger partial charge in [-0.3, -0.25) is 4.79 Å². The Morgan fingerprint density at radius 3 is 2.59 bits per heavy atom. The third-order valence-electron chi connectivity index (χ3n) is 11.1. The molecule has 0 saturated heterocycles. The third kappa shape index (κ3) is 2.63. The zero-order chi connectivity index (χ0) is 21.7. The summed E-state index contributed by atoms with van der Waals surface area (Å²) >= 11 is 0. The molecule has 32 heavy (non-hydrogen) atoms. The number of carbonyl (C=O) groups is 1. The second kappa shape index (κ2) is 6.65. The quantitative estimate of drug-likeness (QED) is 0.766. The van der Waals surface area contributed by atoms with E-state index in [0.29, 0.717) is 24.2 Å². The van der Waals surface area contributed by atoms with Crippen molar-refractivity contribution in [2.75, 3.05) is 0 Å². The lowest BCUT2D eigenvalue weighted by atomic mass is 9.49. The van der Waals surface area contributed by atoms with Crippen molar-refractivity contribution in [3.8, 4) is 0 Å². The van der Waals surface area contributed by atoms with Crippen LogP contribution in [0, 0.1) is 46.8 Å². The summed E-state index contributed by atoms with van der Waals surface area (Å²) in [4.78, 5) is 13.6. The molecule has 5 heteroatoms. The van der Waals surface area contributed by atoms with E-state index in [2.05, 4.69) is 17.2 Å². The number of aliphatic hydroxyl groups is 1. The number of para-hydroxylation sites is 1. The Morgan fingerprint density at radius 1 is 1.00 bits per heavy atom. The molecule has 0 spiro atoms. The van der Waals surface area contributed by atoms with Crippen LogP contribution in [0.5, 0.6) is 0 Å². The maximum Gasteiger partial charge on any atom is 0.157 e. The van der Waals surface area contributed by atoms with E-state index in [1.54, 1.807) is 0 Å². The van der Waals surface area contributed by atoms with Gasteiger partial charge < -0.3 is 5.11 Å². The fraction of sp³-hybridized carbons (Fsp3) is 0.741. The highest BCUT2D eigenvalue weighted by molar-refractivity contribution is 5.84. The molecule has 2 aromatic rings. The van der Waals surface area contributed by atoms with E-state index in [1.165, 1.54) is 38.5 Å². The molecule has 9 atom stereocenters. The number of benzene rings is 1. The number of nitrogens with zero attached hydrogens (tertiary/aromatic N) is 3. The van der Waals surface area contributed by atoms with Crippen molar-refractivity contribution in [3.05, 3.63) is 24.3 Å². The van der Waals surface area contributed by atoms with Gasteiger partial charge in [-0.25, -0.2) is 4.68 Å². The Kier molecular flexibility index (Phi) is 4.09. The van der Waals surface area contributed by atoms with E-state index in [-0.39, 0.29) is 16.9 Å². The molecule has 5 saturated carbocycles. The molecular formula is C27H35N3O2. The fourth-order valence-corrected chi connectivity index (χ4v) is 9.50. The number of rotatable bonds is 3. The Bertz CT molecular complexity index is 1080. The number of carbonyl (C=O) groups excluding carboxylic acids is 1. The highest BCUT2D eigenvalue weighted by Crippen LogP contribution is 2.68. The average Bonchev–Trinajstić information content (AvgIpc) is 3.15. The molecule has 0 amide bonds. The number of aromatic nitrogens is 3. The molecule has 1 N–H and O–H groups in total. The lowest BCUT2D eigenvalue weighted by Crippen LogP contribution is -2.50. The predicted octanol–water partition coefficient (Wildman–Crippen LogP) is 4.63. The lowest BCUT2D eigenvalue weighted by Gasteiger charge is -2.56. The van der Waals surface area contributed by atoms with Gasteiger partial charge in [-0.2, -0.15) is 0 Å². The van der Waals surface area contributed by atoms with Crippen LogP contribution in [0.4, 0.5) is 0 Å². The van der Waals surface area contributed by atoms with Crippen LogP contribution in [0.3, 0.4) is 0 Å². The summed E-state index contributed by atoms with van der Waals surface area (Å²) in [5, 5.41) is 19.2. The van der Waals surface area contributed by atoms with Gasteiger partial charge in [0.15, 0.2) is 5.78 Å². The minimum atomic E-state index is -0.284. The van der Waals surface area contributed by atoms with Crippen molar-refractivity contribution in [1.29, 1.82) is 0 Å². The first kappa shape index (κ1) is 19.7. The summed E-state index contributed by atoms with van der Waals surface area (Å²) in [6.07, 6.45) is 10.7. The maximum atomic E-state index is 13.6. The van der Waals surface area contributed by atoms with Crippen molar-refractivity contribution in [3.63, 3.8) is 0 Å². The monoisotopic (exact) mass is 433 g/mol. The van der Waals surface area contributed by atoms with Crippen molar-refractivity contribution >= 4 is 16.8 Å². The van der Waals surface area contributed by atoms with Gasteiger partial charge in [-0.05, 0) is 111 Å². The van der Waals surface area contributed by atoms with Gasteiger partial charge >= 0.3 is 0 Å². The molecule has 5 nitrogen and oxygen atoms in total. The second-order valence-corrected chi connectivity index (χ2v) is 12.2. The summed E-state index contributed by atoms with van der Waals surface area (Å²) in [6, 6.07) is 7.93. The number of ketones is 1. The van der Waals surface area contributed by atoms with E-state index < -0.39 is 0 Å². The molecule has 7 rings (SSSR count). The minimum Gasteiger partial charge on any atom is -0.390 e. The van der Waals surface area contributed by atoms with Gasteiger partial charge in [0.1, 0.15) is 12.1 Å². The van der Waals surface area contributed by atoms with Crippen LogP contribution in [0.15, 0.2) is 24.3 Å². The molecule has 1 unspecified atom stereocenters. The molecule has 5 aliphatic rings. The Labute approximate surface area is 189 Å². The van der Waals surface area contributed by atoms with Gasteiger partial charge in [0.25, 0.3) is 0 Å². The van der Waals surface area contributed by atoms with Gasteiger partial charge in [0.2, 0.25) is 0 Å². The van der Waals surface area contributed by atoms with Crippen LogP contribution >= 0.6 is 0 Å². The first-order valence-electron chi connectivity index (χ1n) is 13.0. The highest BCUT2D eigenvalue weighted by atomic mass is 16.3. The van der Waals surface area contributed by atoms with Crippen molar-refractivity contribution in [1.82, 2.24) is 15.0 Å². The fourth-order valence-electron chi connectivity index (χ4n) is 9.50. The Hall–Kier alpha value is -1.75. The standard InChI is InChI=1S/C27H35N3O2/c1-26-12-10-16-17-11-13-27(32)14-22(27)19(17)7-6-18(16)20(26)8-9-21(26)25(31)15-30-24-5-3-2-4-23(24)28-29-30/h2-5,16-22,32H,6-15H2,1H3/t16-,17-,18-,19+,20+,21-,22?,26+,27+/m1/s1. The van der Waals surface area contributed by atoms with Crippen LogP contribution in [0.2, 0.25) is 0 Å². The zero-order valence-corrected chi connectivity index (χ0v) is 19.1. The molecule has 1 aromatic carbocycles. The molecule has 0 aliphatic heterocycles. The molecule has 5 fully saturated rings. The average molecular weight is 434 g/mol. The molecular weight excluding hydrogens is 398 g/mol. The number of hydrogen-bond donors (Lipinski definition) is 1. The van der Waals surface area contributed by atoms with Crippen LogP contribution in [0.25, 0.3) is 11.0 Å². The van der Waals surface area contributed by atoms with E-state index >= 15 is 0 Å². The van der Waals surface area contributed by atoms with Crippen LogP contribution in [-0.2, 0) is 11.3 Å². The summed E-state index contributed by atoms with van der Waals surface area (Å²) < 4.78 is 1.81. The van der Waals surface area contributed by atoms with Gasteiger partial charge in [0, 0.05) is 5.92 Å². The molecule has 0 radical (unpaired) electrons. The predicted molar refractivity (Wildman–Crippen MR) is 122 cm³/mol. The van der Waals surface area contributed by atoms with Crippen LogP contribution in [-0.4, -0.2) is 31.5 Å². The second-order valence-electron chi connectivity index (χ2n) is 12.2.